The SMILES string of the molecule is O=C(CC1CCS(=O)(=O)S1)Nc1cc2c(Nc3ccc(OCc4cccc(F)c4)c(Cl)c3)ncnc2cc1OCC(O)CO. The summed E-state index contributed by atoms with van der Waals surface area (Å²) >= 11 is 6.46. The highest BCUT2D eigenvalue weighted by molar-refractivity contribution is 8.72. The third-order valence-electron chi connectivity index (χ3n) is 6.52. The lowest BCUT2D eigenvalue weighted by molar-refractivity contribution is -0.116. The van der Waals surface area contributed by atoms with E-state index in [0.717, 1.165) is 10.8 Å². The molecule has 1 saturated heterocycles. The molecule has 2 atom stereocenters. The molecule has 0 saturated carbocycles. The van der Waals surface area contributed by atoms with Gasteiger partial charge in [0.25, 0.3) is 0 Å². The summed E-state index contributed by atoms with van der Waals surface area (Å²) in [6.07, 6.45) is 0.542. The standard InChI is InChI=1S/C29H28ClFN4O7S2/c30-23-9-19(4-5-26(23)41-14-17-2-1-3-18(31)8-17)34-29-22-11-25(35-28(38)10-21-6-7-44(39,40)43-21)27(42-15-20(37)13-36)12-24(22)32-16-33-29/h1-5,8-9,11-12,16,20-21,36-37H,6-7,10,13-15H2,(H,35,38)(H,32,33,34). The number of fused-ring (bicyclic) bond motifs is 1. The van der Waals surface area contributed by atoms with Crippen LogP contribution < -0.4 is 20.1 Å². The average Bonchev–Trinajstić information content (AvgIpc) is 3.33. The van der Waals surface area contributed by atoms with E-state index < -0.39 is 27.5 Å². The van der Waals surface area contributed by atoms with E-state index in [4.69, 9.17) is 21.1 Å². The van der Waals surface area contributed by atoms with E-state index in [2.05, 4.69) is 20.6 Å². The molecule has 0 bridgehead atoms. The summed E-state index contributed by atoms with van der Waals surface area (Å²) in [6.45, 7) is -0.635. The Hall–Kier alpha value is -3.69. The number of ether oxygens (including phenoxy) is 2. The first-order valence-electron chi connectivity index (χ1n) is 13.4. The van der Waals surface area contributed by atoms with Crippen molar-refractivity contribution < 1.29 is 37.3 Å². The molecule has 15 heteroatoms. The number of rotatable bonds is 12. The molecule has 1 aliphatic heterocycles. The van der Waals surface area contributed by atoms with Crippen molar-refractivity contribution in [3.05, 3.63) is 77.3 Å². The zero-order chi connectivity index (χ0) is 31.3. The summed E-state index contributed by atoms with van der Waals surface area (Å²) in [7, 11) is -2.43. The number of nitrogens with one attached hydrogen (secondary N) is 2. The van der Waals surface area contributed by atoms with Gasteiger partial charge in [-0.3, -0.25) is 4.79 Å². The minimum atomic E-state index is -3.23. The molecular formula is C29H28ClFN4O7S2. The minimum absolute atomic E-state index is 0.0233. The van der Waals surface area contributed by atoms with Gasteiger partial charge >= 0.3 is 0 Å². The Bertz CT molecular complexity index is 1780. The number of halogens is 2. The quantitative estimate of drug-likeness (QED) is 0.157. The predicted octanol–water partition coefficient (Wildman–Crippen LogP) is 4.64. The summed E-state index contributed by atoms with van der Waals surface area (Å²) in [5.41, 5.74) is 1.92. The van der Waals surface area contributed by atoms with Crippen LogP contribution in [0.2, 0.25) is 5.02 Å². The minimum Gasteiger partial charge on any atom is -0.489 e. The fourth-order valence-corrected chi connectivity index (χ4v) is 8.60. The zero-order valence-corrected chi connectivity index (χ0v) is 25.5. The van der Waals surface area contributed by atoms with E-state index in [9.17, 15) is 27.8 Å². The maximum absolute atomic E-state index is 13.5. The van der Waals surface area contributed by atoms with Gasteiger partial charge in [0.1, 0.15) is 48.8 Å². The number of hydrogen-bond donors (Lipinski definition) is 4. The molecule has 1 aliphatic rings. The maximum atomic E-state index is 13.5. The first kappa shape index (κ1) is 31.7. The monoisotopic (exact) mass is 662 g/mol. The molecule has 1 fully saturated rings. The fourth-order valence-electron chi connectivity index (χ4n) is 4.38. The second-order valence-corrected chi connectivity index (χ2v) is 14.8. The van der Waals surface area contributed by atoms with Gasteiger partial charge in [0.15, 0.2) is 0 Å². The lowest BCUT2D eigenvalue weighted by Gasteiger charge is -2.17. The molecule has 232 valence electrons. The Morgan fingerprint density at radius 3 is 2.70 bits per heavy atom. The van der Waals surface area contributed by atoms with Crippen LogP contribution in [-0.2, 0) is 20.3 Å². The van der Waals surface area contributed by atoms with Gasteiger partial charge in [-0.1, -0.05) is 23.7 Å². The van der Waals surface area contributed by atoms with Crippen molar-refractivity contribution in [3.8, 4) is 11.5 Å². The number of anilines is 3. The number of carbonyl (C=O) groups is 1. The van der Waals surface area contributed by atoms with Crippen LogP contribution in [0.5, 0.6) is 11.5 Å². The largest absolute Gasteiger partial charge is 0.489 e. The molecule has 0 spiro atoms. The zero-order valence-electron chi connectivity index (χ0n) is 23.1. The molecule has 2 unspecified atom stereocenters. The smallest absolute Gasteiger partial charge is 0.225 e. The van der Waals surface area contributed by atoms with Crippen LogP contribution in [-0.4, -0.2) is 64.8 Å². The Kier molecular flexibility index (Phi) is 10.1. The van der Waals surface area contributed by atoms with Gasteiger partial charge in [-0.15, -0.1) is 0 Å². The third kappa shape index (κ3) is 8.27. The van der Waals surface area contributed by atoms with Crippen LogP contribution in [0.3, 0.4) is 0 Å². The molecule has 2 heterocycles. The molecular weight excluding hydrogens is 635 g/mol. The van der Waals surface area contributed by atoms with Crippen LogP contribution in [0, 0.1) is 5.82 Å². The Morgan fingerprint density at radius 1 is 1.14 bits per heavy atom. The molecule has 4 N–H and O–H groups in total. The molecule has 5 rings (SSSR count). The molecule has 0 radical (unpaired) electrons. The van der Waals surface area contributed by atoms with Crippen molar-refractivity contribution >= 4 is 65.3 Å². The fraction of sp³-hybridized carbons (Fsp3) is 0.276. The van der Waals surface area contributed by atoms with Gasteiger partial charge in [-0.2, -0.15) is 0 Å². The third-order valence-corrected chi connectivity index (χ3v) is 10.7. The normalized spacial score (nSPS) is 16.4. The Balaban J connectivity index is 1.37. The van der Waals surface area contributed by atoms with Crippen molar-refractivity contribution in [1.29, 1.82) is 0 Å². The first-order chi connectivity index (χ1) is 21.1. The van der Waals surface area contributed by atoms with Crippen LogP contribution in [0.25, 0.3) is 10.9 Å². The highest BCUT2D eigenvalue weighted by atomic mass is 35.5. The summed E-state index contributed by atoms with van der Waals surface area (Å²) in [4.78, 5) is 21.6. The number of hydrogen-bond acceptors (Lipinski definition) is 11. The van der Waals surface area contributed by atoms with E-state index in [1.54, 1.807) is 42.5 Å². The predicted molar refractivity (Wildman–Crippen MR) is 167 cm³/mol. The second-order valence-electron chi connectivity index (χ2n) is 9.95. The lowest BCUT2D eigenvalue weighted by atomic mass is 10.1. The second kappa shape index (κ2) is 13.9. The van der Waals surface area contributed by atoms with E-state index in [1.165, 1.54) is 18.5 Å². The van der Waals surface area contributed by atoms with Gasteiger partial charge in [0.2, 0.25) is 14.8 Å². The number of benzene rings is 3. The Labute approximate surface area is 261 Å². The van der Waals surface area contributed by atoms with Crippen molar-refractivity contribution in [3.63, 3.8) is 0 Å². The average molecular weight is 663 g/mol. The number of nitrogens with zero attached hydrogens (tertiary/aromatic N) is 2. The summed E-state index contributed by atoms with van der Waals surface area (Å²) in [6, 6.07) is 14.3. The summed E-state index contributed by atoms with van der Waals surface area (Å²) in [5.74, 6) is 0.223. The van der Waals surface area contributed by atoms with Gasteiger partial charge in [-0.05, 0) is 59.2 Å². The van der Waals surface area contributed by atoms with Gasteiger partial charge in [0.05, 0.1) is 28.6 Å². The van der Waals surface area contributed by atoms with Crippen molar-refractivity contribution in [2.45, 2.75) is 30.8 Å². The number of aliphatic hydroxyl groups excluding tert-OH is 2. The van der Waals surface area contributed by atoms with Gasteiger partial charge in [0, 0.05) is 28.8 Å². The van der Waals surface area contributed by atoms with Gasteiger partial charge < -0.3 is 30.3 Å². The molecule has 4 aromatic rings. The highest BCUT2D eigenvalue weighted by Gasteiger charge is 2.30. The van der Waals surface area contributed by atoms with E-state index in [1.807, 2.05) is 0 Å². The van der Waals surface area contributed by atoms with Crippen molar-refractivity contribution in [2.24, 2.45) is 0 Å². The van der Waals surface area contributed by atoms with Crippen LogP contribution >= 0.6 is 22.4 Å². The summed E-state index contributed by atoms with van der Waals surface area (Å²) < 4.78 is 48.5. The van der Waals surface area contributed by atoms with Gasteiger partial charge in [-0.25, -0.2) is 22.8 Å². The number of aromatic nitrogens is 2. The molecule has 1 aromatic heterocycles. The maximum Gasteiger partial charge on any atom is 0.225 e. The number of amides is 1. The topological polar surface area (TPSA) is 160 Å². The van der Waals surface area contributed by atoms with E-state index in [0.29, 0.717) is 45.2 Å². The number of aliphatic hydroxyl groups is 2. The highest BCUT2D eigenvalue weighted by Crippen LogP contribution is 2.37. The summed E-state index contributed by atoms with van der Waals surface area (Å²) in [5, 5.41) is 25.4. The van der Waals surface area contributed by atoms with Crippen LogP contribution in [0.15, 0.2) is 60.9 Å². The van der Waals surface area contributed by atoms with E-state index in [-0.39, 0.29) is 47.9 Å². The number of carbonyl (C=O) groups excluding carboxylic acids is 1. The molecule has 1 amide bonds. The van der Waals surface area contributed by atoms with E-state index >= 15 is 0 Å². The Morgan fingerprint density at radius 2 is 1.98 bits per heavy atom. The molecule has 3 aromatic carbocycles. The molecule has 11 nitrogen and oxygen atoms in total. The van der Waals surface area contributed by atoms with Crippen LogP contribution in [0.4, 0.5) is 21.6 Å². The van der Waals surface area contributed by atoms with Crippen molar-refractivity contribution in [1.82, 2.24) is 9.97 Å². The molecule has 44 heavy (non-hydrogen) atoms. The molecule has 0 aliphatic carbocycles. The lowest BCUT2D eigenvalue weighted by Crippen LogP contribution is -2.22. The van der Waals surface area contributed by atoms with Crippen LogP contribution in [0.1, 0.15) is 18.4 Å². The van der Waals surface area contributed by atoms with Crippen molar-refractivity contribution in [2.75, 3.05) is 29.6 Å². The first-order valence-corrected chi connectivity index (χ1v) is 16.9.